The van der Waals surface area contributed by atoms with Crippen molar-refractivity contribution in [3.05, 3.63) is 57.8 Å². The number of esters is 1. The highest BCUT2D eigenvalue weighted by atomic mass is 79.9. The lowest BCUT2D eigenvalue weighted by Gasteiger charge is -2.11. The Kier molecular flexibility index (Phi) is 6.19. The third kappa shape index (κ3) is 4.51. The van der Waals surface area contributed by atoms with Crippen LogP contribution in [0.25, 0.3) is 10.8 Å². The van der Waals surface area contributed by atoms with Gasteiger partial charge in [0.25, 0.3) is 0 Å². The second kappa shape index (κ2) is 8.59. The van der Waals surface area contributed by atoms with Crippen molar-refractivity contribution in [1.82, 2.24) is 4.98 Å². The van der Waals surface area contributed by atoms with Crippen molar-refractivity contribution < 1.29 is 19.4 Å². The summed E-state index contributed by atoms with van der Waals surface area (Å²) in [6.45, 7) is 2.29. The molecule has 0 radical (unpaired) electrons. The van der Waals surface area contributed by atoms with Crippen molar-refractivity contribution in [2.45, 2.75) is 19.8 Å². The van der Waals surface area contributed by atoms with Gasteiger partial charge in [-0.25, -0.2) is 9.78 Å². The van der Waals surface area contributed by atoms with Crippen LogP contribution >= 0.6 is 27.5 Å². The molecule has 140 valence electrons. The second-order valence-corrected chi connectivity index (χ2v) is 7.04. The number of benzene rings is 2. The molecule has 0 saturated carbocycles. The summed E-state index contributed by atoms with van der Waals surface area (Å²) < 4.78 is 11.4. The minimum atomic E-state index is -0.650. The van der Waals surface area contributed by atoms with Crippen LogP contribution in [0, 0.1) is 0 Å². The Morgan fingerprint density at radius 1 is 1.19 bits per heavy atom. The van der Waals surface area contributed by atoms with Crippen LogP contribution in [-0.4, -0.2) is 22.7 Å². The van der Waals surface area contributed by atoms with Gasteiger partial charge < -0.3 is 14.6 Å². The molecular formula is C20H17BrClNO4. The lowest BCUT2D eigenvalue weighted by Crippen LogP contribution is -2.09. The molecule has 0 unspecified atom stereocenters. The molecule has 0 aliphatic carbocycles. The molecule has 1 aromatic heterocycles. The molecule has 1 heterocycles. The molecule has 1 N–H and O–H groups in total. The average Bonchev–Trinajstić information content (AvgIpc) is 2.65. The van der Waals surface area contributed by atoms with Crippen LogP contribution in [-0.2, 0) is 4.74 Å². The van der Waals surface area contributed by atoms with Crippen molar-refractivity contribution >= 4 is 44.3 Å². The van der Waals surface area contributed by atoms with Crippen LogP contribution in [0.5, 0.6) is 17.2 Å². The Morgan fingerprint density at radius 3 is 2.70 bits per heavy atom. The van der Waals surface area contributed by atoms with Crippen LogP contribution in [0.2, 0.25) is 5.02 Å². The number of rotatable bonds is 6. The SMILES string of the molecule is CCCCOC(=O)c1nc(Br)c2cc(Oc3cccc(Cl)c3)ccc2c1O. The number of carbonyl (C=O) groups excluding carboxylic acids is 1. The van der Waals surface area contributed by atoms with Crippen LogP contribution in [0.3, 0.4) is 0 Å². The summed E-state index contributed by atoms with van der Waals surface area (Å²) in [6.07, 6.45) is 1.66. The molecule has 7 heteroatoms. The largest absolute Gasteiger partial charge is 0.505 e. The van der Waals surface area contributed by atoms with Crippen LogP contribution < -0.4 is 4.74 Å². The molecule has 0 spiro atoms. The first-order chi connectivity index (χ1) is 13.0. The van der Waals surface area contributed by atoms with Gasteiger partial charge in [0.1, 0.15) is 16.1 Å². The highest BCUT2D eigenvalue weighted by Crippen LogP contribution is 2.36. The molecule has 3 rings (SSSR count). The van der Waals surface area contributed by atoms with Gasteiger partial charge in [0.2, 0.25) is 0 Å². The Hall–Kier alpha value is -2.31. The monoisotopic (exact) mass is 449 g/mol. The number of nitrogens with zero attached hydrogens (tertiary/aromatic N) is 1. The predicted molar refractivity (Wildman–Crippen MR) is 108 cm³/mol. The van der Waals surface area contributed by atoms with E-state index in [1.54, 1.807) is 42.5 Å². The first-order valence-corrected chi connectivity index (χ1v) is 9.59. The number of aromatic hydroxyl groups is 1. The molecule has 0 fully saturated rings. The topological polar surface area (TPSA) is 68.7 Å². The molecule has 0 saturated heterocycles. The fraction of sp³-hybridized carbons (Fsp3) is 0.200. The number of pyridine rings is 1. The smallest absolute Gasteiger partial charge is 0.360 e. The number of fused-ring (bicyclic) bond motifs is 1. The van der Waals surface area contributed by atoms with Crippen molar-refractivity contribution in [2.24, 2.45) is 0 Å². The van der Waals surface area contributed by atoms with Crippen LogP contribution in [0.15, 0.2) is 47.1 Å². The Morgan fingerprint density at radius 2 is 1.96 bits per heavy atom. The highest BCUT2D eigenvalue weighted by Gasteiger charge is 2.20. The maximum Gasteiger partial charge on any atom is 0.360 e. The molecule has 5 nitrogen and oxygen atoms in total. The van der Waals surface area contributed by atoms with Gasteiger partial charge in [0.15, 0.2) is 11.4 Å². The summed E-state index contributed by atoms with van der Waals surface area (Å²) in [5.41, 5.74) is -0.117. The van der Waals surface area contributed by atoms with E-state index in [0.29, 0.717) is 38.5 Å². The zero-order chi connectivity index (χ0) is 19.4. The van der Waals surface area contributed by atoms with Gasteiger partial charge >= 0.3 is 5.97 Å². The standard InChI is InChI=1S/C20H17BrClNO4/c1-2-3-9-26-20(25)17-18(24)15-8-7-14(11-16(15)19(21)23-17)27-13-6-4-5-12(22)10-13/h4-8,10-11,24H,2-3,9H2,1H3. The Bertz CT molecular complexity index is 993. The molecule has 0 atom stereocenters. The van der Waals surface area contributed by atoms with Gasteiger partial charge in [-0.1, -0.05) is 31.0 Å². The van der Waals surface area contributed by atoms with E-state index in [-0.39, 0.29) is 11.4 Å². The zero-order valence-electron chi connectivity index (χ0n) is 14.5. The van der Waals surface area contributed by atoms with Gasteiger partial charge in [-0.3, -0.25) is 0 Å². The van der Waals surface area contributed by atoms with Crippen molar-refractivity contribution in [3.63, 3.8) is 0 Å². The van der Waals surface area contributed by atoms with E-state index in [4.69, 9.17) is 21.1 Å². The molecule has 0 aliphatic rings. The lowest BCUT2D eigenvalue weighted by molar-refractivity contribution is 0.0489. The fourth-order valence-electron chi connectivity index (χ4n) is 2.49. The van der Waals surface area contributed by atoms with E-state index in [2.05, 4.69) is 20.9 Å². The molecular weight excluding hydrogens is 434 g/mol. The highest BCUT2D eigenvalue weighted by molar-refractivity contribution is 9.10. The van der Waals surface area contributed by atoms with E-state index in [1.165, 1.54) is 0 Å². The molecule has 0 bridgehead atoms. The summed E-state index contributed by atoms with van der Waals surface area (Å²) in [5.74, 6) is 0.267. The van der Waals surface area contributed by atoms with Gasteiger partial charge in [-0.2, -0.15) is 0 Å². The van der Waals surface area contributed by atoms with E-state index < -0.39 is 5.97 Å². The van der Waals surface area contributed by atoms with Crippen molar-refractivity contribution in [3.8, 4) is 17.2 Å². The van der Waals surface area contributed by atoms with Crippen molar-refractivity contribution in [1.29, 1.82) is 0 Å². The summed E-state index contributed by atoms with van der Waals surface area (Å²) in [5, 5.41) is 12.1. The zero-order valence-corrected chi connectivity index (χ0v) is 16.9. The first-order valence-electron chi connectivity index (χ1n) is 8.42. The van der Waals surface area contributed by atoms with Gasteiger partial charge in [0, 0.05) is 15.8 Å². The third-order valence-corrected chi connectivity index (χ3v) is 4.70. The Labute approximate surface area is 170 Å². The summed E-state index contributed by atoms with van der Waals surface area (Å²) in [6, 6.07) is 12.1. The quantitative estimate of drug-likeness (QED) is 0.279. The van der Waals surface area contributed by atoms with E-state index >= 15 is 0 Å². The van der Waals surface area contributed by atoms with Crippen molar-refractivity contribution in [2.75, 3.05) is 6.61 Å². The summed E-state index contributed by atoms with van der Waals surface area (Å²) >= 11 is 9.33. The fourth-order valence-corrected chi connectivity index (χ4v) is 3.18. The van der Waals surface area contributed by atoms with E-state index in [0.717, 1.165) is 12.8 Å². The minimum Gasteiger partial charge on any atom is -0.505 e. The first kappa shape index (κ1) is 19.5. The number of hydrogen-bond donors (Lipinski definition) is 1. The maximum absolute atomic E-state index is 12.2. The van der Waals surface area contributed by atoms with Gasteiger partial charge in [-0.15, -0.1) is 0 Å². The molecule has 27 heavy (non-hydrogen) atoms. The van der Waals surface area contributed by atoms with E-state index in [1.807, 2.05) is 6.92 Å². The summed E-state index contributed by atoms with van der Waals surface area (Å²) in [4.78, 5) is 16.3. The molecule has 3 aromatic rings. The molecule has 0 aliphatic heterocycles. The number of aromatic nitrogens is 1. The average molecular weight is 451 g/mol. The van der Waals surface area contributed by atoms with Gasteiger partial charge in [-0.05, 0) is 58.7 Å². The maximum atomic E-state index is 12.2. The van der Waals surface area contributed by atoms with Crippen LogP contribution in [0.1, 0.15) is 30.3 Å². The van der Waals surface area contributed by atoms with Gasteiger partial charge in [0.05, 0.1) is 6.61 Å². The summed E-state index contributed by atoms with van der Waals surface area (Å²) in [7, 11) is 0. The number of unbranched alkanes of at least 4 members (excludes halogenated alkanes) is 1. The predicted octanol–water partition coefficient (Wildman–Crippen LogP) is 6.11. The minimum absolute atomic E-state index is 0.117. The van der Waals surface area contributed by atoms with E-state index in [9.17, 15) is 9.90 Å². The third-order valence-electron chi connectivity index (χ3n) is 3.86. The number of hydrogen-bond acceptors (Lipinski definition) is 5. The normalized spacial score (nSPS) is 10.8. The number of ether oxygens (including phenoxy) is 2. The lowest BCUT2D eigenvalue weighted by atomic mass is 10.1. The second-order valence-electron chi connectivity index (χ2n) is 5.86. The number of halogens is 2. The van der Waals surface area contributed by atoms with Crippen LogP contribution in [0.4, 0.5) is 0 Å². The number of carbonyl (C=O) groups is 1. The molecule has 2 aromatic carbocycles. The molecule has 0 amide bonds. The Balaban J connectivity index is 1.92.